The molecule has 0 radical (unpaired) electrons. The second-order valence-corrected chi connectivity index (χ2v) is 5.15. The first-order valence-electron chi connectivity index (χ1n) is 5.94. The highest BCUT2D eigenvalue weighted by molar-refractivity contribution is 7.12. The highest BCUT2D eigenvalue weighted by Gasteiger charge is 2.16. The highest BCUT2D eigenvalue weighted by Crippen LogP contribution is 2.28. The smallest absolute Gasteiger partial charge is 0.181 e. The third-order valence-electron chi connectivity index (χ3n) is 2.89. The van der Waals surface area contributed by atoms with Crippen molar-refractivity contribution in [2.24, 2.45) is 0 Å². The molecule has 0 atom stereocenters. The van der Waals surface area contributed by atoms with Crippen LogP contribution in [0.4, 0.5) is 0 Å². The van der Waals surface area contributed by atoms with Crippen LogP contribution in [0.3, 0.4) is 0 Å². The molecule has 0 fully saturated rings. The lowest BCUT2D eigenvalue weighted by Crippen LogP contribution is -2.05. The molecule has 100 valence electrons. The van der Waals surface area contributed by atoms with Crippen molar-refractivity contribution >= 4 is 17.1 Å². The summed E-state index contributed by atoms with van der Waals surface area (Å²) in [6.45, 7) is 2.00. The summed E-state index contributed by atoms with van der Waals surface area (Å²) in [4.78, 5) is 13.0. The van der Waals surface area contributed by atoms with Crippen LogP contribution in [0, 0.1) is 6.92 Å². The molecule has 0 aliphatic carbocycles. The molecule has 0 aliphatic heterocycles. The number of thiophene rings is 1. The third kappa shape index (κ3) is 2.96. The minimum absolute atomic E-state index is 0.0516. The quantitative estimate of drug-likeness (QED) is 0.784. The van der Waals surface area contributed by atoms with Crippen molar-refractivity contribution in [1.82, 2.24) is 0 Å². The van der Waals surface area contributed by atoms with Gasteiger partial charge in [0.25, 0.3) is 0 Å². The zero-order valence-corrected chi connectivity index (χ0v) is 12.0. The van der Waals surface area contributed by atoms with Gasteiger partial charge in [0, 0.05) is 12.0 Å². The van der Waals surface area contributed by atoms with Gasteiger partial charge in [-0.2, -0.15) is 0 Å². The summed E-state index contributed by atoms with van der Waals surface area (Å²) in [5, 5.41) is 1.86. The first kappa shape index (κ1) is 13.6. The van der Waals surface area contributed by atoms with Crippen molar-refractivity contribution in [3.05, 3.63) is 45.6 Å². The van der Waals surface area contributed by atoms with Crippen LogP contribution in [0.2, 0.25) is 0 Å². The lowest BCUT2D eigenvalue weighted by Gasteiger charge is -2.09. The maximum atomic E-state index is 12.3. The number of hydrogen-bond acceptors (Lipinski definition) is 4. The van der Waals surface area contributed by atoms with E-state index in [1.54, 1.807) is 14.2 Å². The average molecular weight is 276 g/mol. The number of ketones is 1. The number of methoxy groups -OCH3 is 2. The monoisotopic (exact) mass is 276 g/mol. The van der Waals surface area contributed by atoms with Gasteiger partial charge < -0.3 is 9.47 Å². The summed E-state index contributed by atoms with van der Waals surface area (Å²) in [5.74, 6) is 1.44. The zero-order valence-electron chi connectivity index (χ0n) is 11.2. The van der Waals surface area contributed by atoms with Gasteiger partial charge in [-0.3, -0.25) is 4.79 Å². The van der Waals surface area contributed by atoms with Crippen molar-refractivity contribution in [2.45, 2.75) is 13.3 Å². The summed E-state index contributed by atoms with van der Waals surface area (Å²) in [6.07, 6.45) is 0.321. The van der Waals surface area contributed by atoms with E-state index in [4.69, 9.17) is 9.47 Å². The van der Waals surface area contributed by atoms with E-state index in [-0.39, 0.29) is 5.78 Å². The van der Waals surface area contributed by atoms with Gasteiger partial charge in [-0.25, -0.2) is 0 Å². The molecule has 0 amide bonds. The van der Waals surface area contributed by atoms with Gasteiger partial charge >= 0.3 is 0 Å². The second-order valence-electron chi connectivity index (χ2n) is 4.23. The van der Waals surface area contributed by atoms with Gasteiger partial charge in [-0.15, -0.1) is 11.3 Å². The molecule has 2 aromatic rings. The molecule has 1 aromatic carbocycles. The van der Waals surface area contributed by atoms with Crippen LogP contribution in [-0.2, 0) is 6.42 Å². The van der Waals surface area contributed by atoms with E-state index in [2.05, 4.69) is 0 Å². The summed E-state index contributed by atoms with van der Waals surface area (Å²) in [6, 6.07) is 7.66. The summed E-state index contributed by atoms with van der Waals surface area (Å²) in [5.41, 5.74) is 2.02. The lowest BCUT2D eigenvalue weighted by atomic mass is 10.0. The number of carbonyl (C=O) groups is 1. The lowest BCUT2D eigenvalue weighted by molar-refractivity contribution is 0.0993. The van der Waals surface area contributed by atoms with E-state index in [1.165, 1.54) is 11.3 Å². The minimum atomic E-state index is 0.0516. The Bertz CT molecular complexity index is 587. The largest absolute Gasteiger partial charge is 0.496 e. The molecular weight excluding hydrogens is 260 g/mol. The molecule has 1 heterocycles. The number of benzene rings is 1. The van der Waals surface area contributed by atoms with Crippen LogP contribution in [0.15, 0.2) is 29.6 Å². The molecule has 0 saturated carbocycles. The molecule has 2 rings (SSSR count). The Hall–Kier alpha value is -1.81. The normalized spacial score (nSPS) is 10.3. The van der Waals surface area contributed by atoms with Crippen molar-refractivity contribution in [1.29, 1.82) is 0 Å². The Kier molecular flexibility index (Phi) is 4.22. The number of aryl methyl sites for hydroxylation is 1. The molecule has 0 aliphatic rings. The SMILES string of the molecule is COc1ccc(C)cc1CC(=O)c1sccc1OC. The fourth-order valence-corrected chi connectivity index (χ4v) is 2.76. The second kappa shape index (κ2) is 5.89. The topological polar surface area (TPSA) is 35.5 Å². The first-order chi connectivity index (χ1) is 9.15. The highest BCUT2D eigenvalue weighted by atomic mass is 32.1. The van der Waals surface area contributed by atoms with Crippen LogP contribution in [0.5, 0.6) is 11.5 Å². The van der Waals surface area contributed by atoms with Crippen LogP contribution >= 0.6 is 11.3 Å². The summed E-state index contributed by atoms with van der Waals surface area (Å²) < 4.78 is 10.5. The number of carbonyl (C=O) groups excluding carboxylic acids is 1. The van der Waals surface area contributed by atoms with Crippen LogP contribution in [0.25, 0.3) is 0 Å². The predicted octanol–water partition coefficient (Wildman–Crippen LogP) is 3.50. The Morgan fingerprint density at radius 2 is 1.89 bits per heavy atom. The van der Waals surface area contributed by atoms with Gasteiger partial charge in [0.05, 0.1) is 14.2 Å². The fraction of sp³-hybridized carbons (Fsp3) is 0.267. The minimum Gasteiger partial charge on any atom is -0.496 e. The van der Waals surface area contributed by atoms with Crippen molar-refractivity contribution in [2.75, 3.05) is 14.2 Å². The van der Waals surface area contributed by atoms with Crippen molar-refractivity contribution in [3.63, 3.8) is 0 Å². The van der Waals surface area contributed by atoms with Gasteiger partial charge in [-0.05, 0) is 24.4 Å². The van der Waals surface area contributed by atoms with Crippen LogP contribution in [-0.4, -0.2) is 20.0 Å². The number of rotatable bonds is 5. The molecule has 0 bridgehead atoms. The molecule has 0 spiro atoms. The zero-order chi connectivity index (χ0) is 13.8. The summed E-state index contributed by atoms with van der Waals surface area (Å²) in [7, 11) is 3.19. The Labute approximate surface area is 116 Å². The molecule has 0 N–H and O–H groups in total. The van der Waals surface area contributed by atoms with Crippen molar-refractivity contribution < 1.29 is 14.3 Å². The van der Waals surface area contributed by atoms with Gasteiger partial charge in [0.15, 0.2) is 5.78 Å². The molecule has 19 heavy (non-hydrogen) atoms. The molecule has 0 saturated heterocycles. The fourth-order valence-electron chi connectivity index (χ4n) is 1.96. The standard InChI is InChI=1S/C15H16O3S/c1-10-4-5-13(17-2)11(8-10)9-12(16)15-14(18-3)6-7-19-15/h4-8H,9H2,1-3H3. The van der Waals surface area contributed by atoms with Crippen molar-refractivity contribution in [3.8, 4) is 11.5 Å². The Balaban J connectivity index is 2.26. The third-order valence-corrected chi connectivity index (χ3v) is 3.83. The van der Waals surface area contributed by atoms with E-state index >= 15 is 0 Å². The number of ether oxygens (including phenoxy) is 2. The van der Waals surface area contributed by atoms with E-state index in [9.17, 15) is 4.79 Å². The van der Waals surface area contributed by atoms with Crippen LogP contribution < -0.4 is 9.47 Å². The number of hydrogen-bond donors (Lipinski definition) is 0. The molecule has 4 heteroatoms. The molecular formula is C15H16O3S. The molecule has 0 unspecified atom stereocenters. The number of Topliss-reactive ketones (excluding diaryl/α,β-unsaturated/α-hetero) is 1. The maximum Gasteiger partial charge on any atom is 0.181 e. The Morgan fingerprint density at radius 1 is 1.16 bits per heavy atom. The van der Waals surface area contributed by atoms with Gasteiger partial charge in [-0.1, -0.05) is 17.7 Å². The maximum absolute atomic E-state index is 12.3. The molecule has 1 aromatic heterocycles. The van der Waals surface area contributed by atoms with E-state index in [0.29, 0.717) is 17.0 Å². The summed E-state index contributed by atoms with van der Waals surface area (Å²) >= 11 is 1.40. The van der Waals surface area contributed by atoms with Crippen LogP contribution in [0.1, 0.15) is 20.8 Å². The van der Waals surface area contributed by atoms with Gasteiger partial charge in [0.1, 0.15) is 16.4 Å². The Morgan fingerprint density at radius 3 is 2.58 bits per heavy atom. The van der Waals surface area contributed by atoms with Gasteiger partial charge in [0.2, 0.25) is 0 Å². The predicted molar refractivity (Wildman–Crippen MR) is 76.6 cm³/mol. The van der Waals surface area contributed by atoms with E-state index in [1.807, 2.05) is 36.6 Å². The van der Waals surface area contributed by atoms with E-state index < -0.39 is 0 Å². The average Bonchev–Trinajstić information content (AvgIpc) is 2.87. The van der Waals surface area contributed by atoms with E-state index in [0.717, 1.165) is 16.9 Å². The molecule has 3 nitrogen and oxygen atoms in total. The first-order valence-corrected chi connectivity index (χ1v) is 6.82.